The van der Waals surface area contributed by atoms with E-state index in [-0.39, 0.29) is 5.69 Å². The molecule has 7 nitrogen and oxygen atoms in total. The number of nitro groups is 1. The Balaban J connectivity index is 1.74. The van der Waals surface area contributed by atoms with Crippen LogP contribution in [0.4, 0.5) is 11.6 Å². The van der Waals surface area contributed by atoms with Crippen LogP contribution in [0.3, 0.4) is 0 Å². The summed E-state index contributed by atoms with van der Waals surface area (Å²) in [5, 5.41) is 13.5. The molecule has 0 radical (unpaired) electrons. The van der Waals surface area contributed by atoms with Crippen molar-refractivity contribution in [2.24, 2.45) is 0 Å². The Bertz CT molecular complexity index is 417. The Labute approximate surface area is 112 Å². The minimum Gasteiger partial charge on any atom is -0.353 e. The van der Waals surface area contributed by atoms with Crippen LogP contribution in [-0.2, 0) is 0 Å². The fourth-order valence-electron chi connectivity index (χ4n) is 2.38. The number of hydrogen-bond donors (Lipinski definition) is 1. The second-order valence-corrected chi connectivity index (χ2v) is 4.87. The van der Waals surface area contributed by atoms with Gasteiger partial charge in [0.15, 0.2) is 0 Å². The molecule has 0 aromatic carbocycles. The molecule has 0 spiro atoms. The highest BCUT2D eigenvalue weighted by Gasteiger charge is 2.18. The van der Waals surface area contributed by atoms with Gasteiger partial charge in [0.25, 0.3) is 0 Å². The van der Waals surface area contributed by atoms with Crippen LogP contribution < -0.4 is 5.32 Å². The Morgan fingerprint density at radius 3 is 2.63 bits per heavy atom. The predicted octanol–water partition coefficient (Wildman–Crippen LogP) is 1.67. The first kappa shape index (κ1) is 13.7. The lowest BCUT2D eigenvalue weighted by atomic mass is 10.2. The fourth-order valence-corrected chi connectivity index (χ4v) is 2.38. The monoisotopic (exact) mass is 265 g/mol. The number of likely N-dealkylation sites (N-methyl/N-ethyl adjacent to an activating group) is 1. The molecule has 1 saturated carbocycles. The summed E-state index contributed by atoms with van der Waals surface area (Å²) in [6.45, 7) is 1.66. The van der Waals surface area contributed by atoms with E-state index in [1.807, 2.05) is 0 Å². The summed E-state index contributed by atoms with van der Waals surface area (Å²) >= 11 is 0. The number of nitrogens with zero attached hydrogens (tertiary/aromatic N) is 4. The standard InChI is InChI=1S/C12H19N5O2/c1-16(10-4-2-3-5-10)7-6-13-12-14-8-11(9-15-12)17(18)19/h8-10H,2-7H2,1H3,(H,13,14,15). The summed E-state index contributed by atoms with van der Waals surface area (Å²) in [4.78, 5) is 20.1. The lowest BCUT2D eigenvalue weighted by Gasteiger charge is -2.23. The van der Waals surface area contributed by atoms with Gasteiger partial charge in [0, 0.05) is 19.1 Å². The second-order valence-electron chi connectivity index (χ2n) is 4.87. The van der Waals surface area contributed by atoms with Gasteiger partial charge in [-0.05, 0) is 19.9 Å². The summed E-state index contributed by atoms with van der Waals surface area (Å²) in [7, 11) is 2.13. The average Bonchev–Trinajstić information content (AvgIpc) is 2.93. The van der Waals surface area contributed by atoms with Crippen LogP contribution in [0.2, 0.25) is 0 Å². The van der Waals surface area contributed by atoms with Gasteiger partial charge in [-0.1, -0.05) is 12.8 Å². The molecule has 0 unspecified atom stereocenters. The fraction of sp³-hybridized carbons (Fsp3) is 0.667. The van der Waals surface area contributed by atoms with E-state index in [0.29, 0.717) is 12.0 Å². The average molecular weight is 265 g/mol. The van der Waals surface area contributed by atoms with E-state index in [4.69, 9.17) is 0 Å². The highest BCUT2D eigenvalue weighted by Crippen LogP contribution is 2.21. The molecule has 1 aliphatic rings. The summed E-state index contributed by atoms with van der Waals surface area (Å²) in [6.07, 6.45) is 7.66. The van der Waals surface area contributed by atoms with Gasteiger partial charge in [0.2, 0.25) is 5.95 Å². The first-order valence-electron chi connectivity index (χ1n) is 6.57. The Kier molecular flexibility index (Phi) is 4.62. The molecular formula is C12H19N5O2. The van der Waals surface area contributed by atoms with Crippen molar-refractivity contribution in [2.75, 3.05) is 25.5 Å². The molecule has 1 fully saturated rings. The highest BCUT2D eigenvalue weighted by atomic mass is 16.6. The maximum atomic E-state index is 10.5. The third kappa shape index (κ3) is 3.85. The van der Waals surface area contributed by atoms with E-state index in [1.54, 1.807) is 0 Å². The van der Waals surface area contributed by atoms with Gasteiger partial charge >= 0.3 is 5.69 Å². The van der Waals surface area contributed by atoms with Crippen LogP contribution in [0.1, 0.15) is 25.7 Å². The summed E-state index contributed by atoms with van der Waals surface area (Å²) in [5.74, 6) is 0.436. The van der Waals surface area contributed by atoms with Gasteiger partial charge in [-0.2, -0.15) is 0 Å². The number of aromatic nitrogens is 2. The van der Waals surface area contributed by atoms with Crippen molar-refractivity contribution in [3.05, 3.63) is 22.5 Å². The SMILES string of the molecule is CN(CCNc1ncc([N+](=O)[O-])cn1)C1CCCC1. The minimum absolute atomic E-state index is 0.0892. The van der Waals surface area contributed by atoms with E-state index in [2.05, 4.69) is 27.2 Å². The van der Waals surface area contributed by atoms with Gasteiger partial charge in [-0.15, -0.1) is 0 Å². The van der Waals surface area contributed by atoms with Crippen molar-refractivity contribution in [2.45, 2.75) is 31.7 Å². The zero-order valence-electron chi connectivity index (χ0n) is 11.1. The van der Waals surface area contributed by atoms with Crippen molar-refractivity contribution in [3.63, 3.8) is 0 Å². The predicted molar refractivity (Wildman–Crippen MR) is 72.1 cm³/mol. The molecule has 104 valence electrons. The molecule has 19 heavy (non-hydrogen) atoms. The lowest BCUT2D eigenvalue weighted by Crippen LogP contribution is -2.33. The quantitative estimate of drug-likeness (QED) is 0.622. The van der Waals surface area contributed by atoms with E-state index in [1.165, 1.54) is 38.1 Å². The van der Waals surface area contributed by atoms with E-state index in [9.17, 15) is 10.1 Å². The lowest BCUT2D eigenvalue weighted by molar-refractivity contribution is -0.385. The molecular weight excluding hydrogens is 246 g/mol. The van der Waals surface area contributed by atoms with Crippen LogP contribution in [0, 0.1) is 10.1 Å². The number of nitrogens with one attached hydrogen (secondary N) is 1. The van der Waals surface area contributed by atoms with Gasteiger partial charge in [-0.3, -0.25) is 10.1 Å². The molecule has 1 aromatic heterocycles. The third-order valence-corrected chi connectivity index (χ3v) is 3.54. The molecule has 0 saturated heterocycles. The minimum atomic E-state index is -0.502. The summed E-state index contributed by atoms with van der Waals surface area (Å²) in [5.41, 5.74) is -0.0892. The molecule has 0 aliphatic heterocycles. The van der Waals surface area contributed by atoms with Crippen molar-refractivity contribution in [1.82, 2.24) is 14.9 Å². The second kappa shape index (κ2) is 6.42. The van der Waals surface area contributed by atoms with Gasteiger partial charge in [0.1, 0.15) is 12.4 Å². The first-order chi connectivity index (χ1) is 9.16. The molecule has 1 aromatic rings. The van der Waals surface area contributed by atoms with Crippen LogP contribution in [0.25, 0.3) is 0 Å². The first-order valence-corrected chi connectivity index (χ1v) is 6.57. The number of rotatable bonds is 6. The molecule has 1 aliphatic carbocycles. The molecule has 1 heterocycles. The maximum absolute atomic E-state index is 10.5. The van der Waals surface area contributed by atoms with Crippen LogP contribution in [0.15, 0.2) is 12.4 Å². The van der Waals surface area contributed by atoms with E-state index >= 15 is 0 Å². The summed E-state index contributed by atoms with van der Waals surface area (Å²) < 4.78 is 0. The Morgan fingerprint density at radius 2 is 2.05 bits per heavy atom. The van der Waals surface area contributed by atoms with Crippen LogP contribution in [0.5, 0.6) is 0 Å². The van der Waals surface area contributed by atoms with E-state index < -0.39 is 4.92 Å². The molecule has 7 heteroatoms. The van der Waals surface area contributed by atoms with Crippen LogP contribution in [-0.4, -0.2) is 46.0 Å². The molecule has 1 N–H and O–H groups in total. The van der Waals surface area contributed by atoms with Crippen LogP contribution >= 0.6 is 0 Å². The van der Waals surface area contributed by atoms with Crippen molar-refractivity contribution < 1.29 is 4.92 Å². The zero-order chi connectivity index (χ0) is 13.7. The van der Waals surface area contributed by atoms with Gasteiger partial charge in [-0.25, -0.2) is 9.97 Å². The maximum Gasteiger partial charge on any atom is 0.305 e. The molecule has 0 bridgehead atoms. The van der Waals surface area contributed by atoms with Gasteiger partial charge in [0.05, 0.1) is 4.92 Å². The van der Waals surface area contributed by atoms with Crippen molar-refractivity contribution in [1.29, 1.82) is 0 Å². The normalized spacial score (nSPS) is 15.9. The van der Waals surface area contributed by atoms with E-state index in [0.717, 1.165) is 13.1 Å². The zero-order valence-corrected chi connectivity index (χ0v) is 11.1. The smallest absolute Gasteiger partial charge is 0.305 e. The largest absolute Gasteiger partial charge is 0.353 e. The topological polar surface area (TPSA) is 84.2 Å². The Hall–Kier alpha value is -1.76. The third-order valence-electron chi connectivity index (χ3n) is 3.54. The molecule has 0 amide bonds. The van der Waals surface area contributed by atoms with Crippen molar-refractivity contribution in [3.8, 4) is 0 Å². The molecule has 2 rings (SSSR count). The highest BCUT2D eigenvalue weighted by molar-refractivity contribution is 5.30. The van der Waals surface area contributed by atoms with Crippen molar-refractivity contribution >= 4 is 11.6 Å². The summed E-state index contributed by atoms with van der Waals surface area (Å²) in [6, 6.07) is 0.694. The number of anilines is 1. The molecule has 0 atom stereocenters. The Morgan fingerprint density at radius 1 is 1.42 bits per heavy atom. The van der Waals surface area contributed by atoms with Gasteiger partial charge < -0.3 is 10.2 Å². The number of hydrogen-bond acceptors (Lipinski definition) is 6.